The van der Waals surface area contributed by atoms with Gasteiger partial charge in [0.25, 0.3) is 5.91 Å². The van der Waals surface area contributed by atoms with Crippen molar-refractivity contribution in [2.24, 2.45) is 5.92 Å². The van der Waals surface area contributed by atoms with Crippen molar-refractivity contribution < 1.29 is 14.3 Å². The lowest BCUT2D eigenvalue weighted by atomic mass is 10.0. The second-order valence-electron chi connectivity index (χ2n) is 7.41. The molecular formula is C23H24N2O3. The number of aliphatic hydroxyl groups excluding tert-OH is 1. The third kappa shape index (κ3) is 3.85. The third-order valence-electron chi connectivity index (χ3n) is 5.39. The summed E-state index contributed by atoms with van der Waals surface area (Å²) < 4.78 is 5.95. The first-order valence-electron chi connectivity index (χ1n) is 9.70. The molecule has 144 valence electrons. The second-order valence-corrected chi connectivity index (χ2v) is 7.41. The highest BCUT2D eigenvalue weighted by Gasteiger charge is 2.26. The number of aromatic nitrogens is 1. The standard InChI is InChI=1S/C23H24N2O3/c1-15-9-11-16(12-10-15)21-14-25-23(28-21)19-7-3-2-6-18(19)22(27)24-13-17-5-4-8-20(17)26/h2-3,6-7,9-12,14,17,20,26H,4-5,8,13H2,1H3,(H,24,27)/t17-,20+/m0/s1. The van der Waals surface area contributed by atoms with Gasteiger partial charge in [0.1, 0.15) is 0 Å². The van der Waals surface area contributed by atoms with Crippen molar-refractivity contribution in [2.45, 2.75) is 32.3 Å². The molecular weight excluding hydrogens is 352 g/mol. The number of aryl methyl sites for hydroxylation is 1. The van der Waals surface area contributed by atoms with E-state index in [0.29, 0.717) is 29.3 Å². The number of hydrogen-bond donors (Lipinski definition) is 2. The van der Waals surface area contributed by atoms with Gasteiger partial charge in [-0.25, -0.2) is 4.98 Å². The van der Waals surface area contributed by atoms with Crippen LogP contribution in [0.5, 0.6) is 0 Å². The average molecular weight is 376 g/mol. The summed E-state index contributed by atoms with van der Waals surface area (Å²) in [4.78, 5) is 17.1. The molecule has 1 fully saturated rings. The molecule has 2 aromatic carbocycles. The Balaban J connectivity index is 1.54. The molecule has 0 bridgehead atoms. The van der Waals surface area contributed by atoms with E-state index in [2.05, 4.69) is 10.3 Å². The van der Waals surface area contributed by atoms with Crippen molar-refractivity contribution in [3.8, 4) is 22.8 Å². The molecule has 2 atom stereocenters. The fourth-order valence-electron chi connectivity index (χ4n) is 3.69. The molecule has 1 heterocycles. The molecule has 0 saturated heterocycles. The van der Waals surface area contributed by atoms with Crippen molar-refractivity contribution in [3.63, 3.8) is 0 Å². The number of amides is 1. The number of oxazole rings is 1. The maximum absolute atomic E-state index is 12.8. The minimum absolute atomic E-state index is 0.131. The Bertz CT molecular complexity index is 962. The molecule has 1 aliphatic rings. The summed E-state index contributed by atoms with van der Waals surface area (Å²) in [5, 5.41) is 12.9. The number of carbonyl (C=O) groups excluding carboxylic acids is 1. The predicted octanol–water partition coefficient (Wildman–Crippen LogP) is 4.21. The zero-order valence-electron chi connectivity index (χ0n) is 15.9. The molecule has 1 saturated carbocycles. The lowest BCUT2D eigenvalue weighted by Gasteiger charge is -2.15. The largest absolute Gasteiger partial charge is 0.436 e. The Kier molecular flexibility index (Phi) is 5.26. The van der Waals surface area contributed by atoms with Gasteiger partial charge in [0.05, 0.1) is 17.9 Å². The Morgan fingerprint density at radius 2 is 1.96 bits per heavy atom. The van der Waals surface area contributed by atoms with E-state index in [9.17, 15) is 9.90 Å². The molecule has 1 amide bonds. The summed E-state index contributed by atoms with van der Waals surface area (Å²) in [6, 6.07) is 15.3. The highest BCUT2D eigenvalue weighted by Crippen LogP contribution is 2.29. The van der Waals surface area contributed by atoms with Gasteiger partial charge in [0, 0.05) is 23.6 Å². The molecule has 5 heteroatoms. The molecule has 5 nitrogen and oxygen atoms in total. The summed E-state index contributed by atoms with van der Waals surface area (Å²) in [5.74, 6) is 1.04. The zero-order valence-corrected chi connectivity index (χ0v) is 15.9. The number of nitrogens with one attached hydrogen (secondary N) is 1. The van der Waals surface area contributed by atoms with Crippen LogP contribution in [0.1, 0.15) is 35.2 Å². The first kappa shape index (κ1) is 18.4. The molecule has 1 aliphatic carbocycles. The fraction of sp³-hybridized carbons (Fsp3) is 0.304. The van der Waals surface area contributed by atoms with Gasteiger partial charge >= 0.3 is 0 Å². The van der Waals surface area contributed by atoms with Gasteiger partial charge < -0.3 is 14.8 Å². The van der Waals surface area contributed by atoms with E-state index >= 15 is 0 Å². The average Bonchev–Trinajstić information content (AvgIpc) is 3.36. The third-order valence-corrected chi connectivity index (χ3v) is 5.39. The first-order valence-corrected chi connectivity index (χ1v) is 9.70. The van der Waals surface area contributed by atoms with E-state index in [1.807, 2.05) is 49.4 Å². The highest BCUT2D eigenvalue weighted by atomic mass is 16.4. The van der Waals surface area contributed by atoms with Gasteiger partial charge in [-0.05, 0) is 31.9 Å². The van der Waals surface area contributed by atoms with Gasteiger partial charge in [-0.3, -0.25) is 4.79 Å². The van der Waals surface area contributed by atoms with Crippen LogP contribution in [0.15, 0.2) is 59.1 Å². The van der Waals surface area contributed by atoms with Gasteiger partial charge in [0.15, 0.2) is 5.76 Å². The molecule has 28 heavy (non-hydrogen) atoms. The van der Waals surface area contributed by atoms with Crippen molar-refractivity contribution in [3.05, 3.63) is 65.9 Å². The smallest absolute Gasteiger partial charge is 0.252 e. The monoisotopic (exact) mass is 376 g/mol. The number of hydrogen-bond acceptors (Lipinski definition) is 4. The van der Waals surface area contributed by atoms with Crippen LogP contribution < -0.4 is 5.32 Å². The highest BCUT2D eigenvalue weighted by molar-refractivity contribution is 6.00. The number of rotatable bonds is 5. The molecule has 0 aliphatic heterocycles. The molecule has 4 rings (SSSR count). The SMILES string of the molecule is Cc1ccc(-c2cnc(-c3ccccc3C(=O)NC[C@@H]3CCC[C@H]3O)o2)cc1. The van der Waals surface area contributed by atoms with Crippen LogP contribution in [-0.2, 0) is 0 Å². The van der Waals surface area contributed by atoms with E-state index in [-0.39, 0.29) is 17.9 Å². The molecule has 0 radical (unpaired) electrons. The van der Waals surface area contributed by atoms with Gasteiger partial charge in [0.2, 0.25) is 5.89 Å². The van der Waals surface area contributed by atoms with Crippen LogP contribution >= 0.6 is 0 Å². The molecule has 0 spiro atoms. The Hall–Kier alpha value is -2.92. The van der Waals surface area contributed by atoms with Crippen molar-refractivity contribution in [1.29, 1.82) is 0 Å². The number of aliphatic hydroxyl groups is 1. The predicted molar refractivity (Wildman–Crippen MR) is 108 cm³/mol. The van der Waals surface area contributed by atoms with E-state index in [1.165, 1.54) is 5.56 Å². The van der Waals surface area contributed by atoms with Crippen molar-refractivity contribution in [2.75, 3.05) is 6.54 Å². The number of nitrogens with zero attached hydrogens (tertiary/aromatic N) is 1. The minimum Gasteiger partial charge on any atom is -0.436 e. The van der Waals surface area contributed by atoms with Crippen LogP contribution in [0.2, 0.25) is 0 Å². The number of benzene rings is 2. The Morgan fingerprint density at radius 3 is 2.71 bits per heavy atom. The van der Waals surface area contributed by atoms with Gasteiger partial charge in [-0.15, -0.1) is 0 Å². The van der Waals surface area contributed by atoms with Crippen LogP contribution in [0, 0.1) is 12.8 Å². The fourth-order valence-corrected chi connectivity index (χ4v) is 3.69. The molecule has 0 unspecified atom stereocenters. The van der Waals surface area contributed by atoms with Gasteiger partial charge in [-0.2, -0.15) is 0 Å². The lowest BCUT2D eigenvalue weighted by molar-refractivity contribution is 0.0917. The molecule has 1 aromatic heterocycles. The van der Waals surface area contributed by atoms with Gasteiger partial charge in [-0.1, -0.05) is 48.4 Å². The minimum atomic E-state index is -0.320. The molecule has 3 aromatic rings. The van der Waals surface area contributed by atoms with Crippen LogP contribution in [0.4, 0.5) is 0 Å². The summed E-state index contributed by atoms with van der Waals surface area (Å²) in [7, 11) is 0. The second kappa shape index (κ2) is 7.98. The summed E-state index contributed by atoms with van der Waals surface area (Å²) in [5.41, 5.74) is 3.30. The molecule has 2 N–H and O–H groups in total. The lowest BCUT2D eigenvalue weighted by Crippen LogP contribution is -2.32. The number of carbonyl (C=O) groups is 1. The van der Waals surface area contributed by atoms with Crippen LogP contribution in [0.3, 0.4) is 0 Å². The van der Waals surface area contributed by atoms with E-state index in [1.54, 1.807) is 12.3 Å². The van der Waals surface area contributed by atoms with Crippen LogP contribution in [-0.4, -0.2) is 28.6 Å². The van der Waals surface area contributed by atoms with E-state index < -0.39 is 0 Å². The summed E-state index contributed by atoms with van der Waals surface area (Å²) in [6.45, 7) is 2.52. The maximum Gasteiger partial charge on any atom is 0.252 e. The first-order chi connectivity index (χ1) is 13.6. The van der Waals surface area contributed by atoms with E-state index in [0.717, 1.165) is 24.8 Å². The topological polar surface area (TPSA) is 75.4 Å². The van der Waals surface area contributed by atoms with Crippen molar-refractivity contribution >= 4 is 5.91 Å². The van der Waals surface area contributed by atoms with Crippen LogP contribution in [0.25, 0.3) is 22.8 Å². The Morgan fingerprint density at radius 1 is 1.18 bits per heavy atom. The Labute approximate surface area is 164 Å². The zero-order chi connectivity index (χ0) is 19.5. The quantitative estimate of drug-likeness (QED) is 0.699. The maximum atomic E-state index is 12.8. The van der Waals surface area contributed by atoms with E-state index in [4.69, 9.17) is 4.42 Å². The van der Waals surface area contributed by atoms with Crippen molar-refractivity contribution in [1.82, 2.24) is 10.3 Å². The summed E-state index contributed by atoms with van der Waals surface area (Å²) in [6.07, 6.45) is 4.14. The summed E-state index contributed by atoms with van der Waals surface area (Å²) >= 11 is 0. The normalized spacial score (nSPS) is 18.9.